The molecule has 0 aliphatic carbocycles. The first-order valence-electron chi connectivity index (χ1n) is 9.25. The molecule has 1 heterocycles. The lowest BCUT2D eigenvalue weighted by molar-refractivity contribution is -0.151. The molecule has 1 N–H and O–H groups in total. The number of ether oxygens (including phenoxy) is 1. The quantitative estimate of drug-likeness (QED) is 0.687. The van der Waals surface area contributed by atoms with Crippen molar-refractivity contribution in [2.24, 2.45) is 5.92 Å². The summed E-state index contributed by atoms with van der Waals surface area (Å²) in [5.74, 6) is -2.53. The number of rotatable bonds is 5. The van der Waals surface area contributed by atoms with Crippen molar-refractivity contribution in [3.8, 4) is 0 Å². The minimum atomic E-state index is -4.68. The van der Waals surface area contributed by atoms with Gasteiger partial charge in [-0.05, 0) is 37.3 Å². The monoisotopic (exact) mass is 454 g/mol. The number of hydrogen-bond donors (Lipinski definition) is 1. The molecular formula is C21H18ClF3N2O4. The van der Waals surface area contributed by atoms with Gasteiger partial charge in [0.15, 0.2) is 6.61 Å². The largest absolute Gasteiger partial charge is 0.455 e. The molecule has 10 heteroatoms. The van der Waals surface area contributed by atoms with Gasteiger partial charge in [0, 0.05) is 24.3 Å². The van der Waals surface area contributed by atoms with Crippen LogP contribution in [0.2, 0.25) is 5.02 Å². The lowest BCUT2D eigenvalue weighted by Crippen LogP contribution is -2.28. The maximum Gasteiger partial charge on any atom is 0.417 e. The van der Waals surface area contributed by atoms with E-state index in [1.54, 1.807) is 12.1 Å². The topological polar surface area (TPSA) is 75.7 Å². The van der Waals surface area contributed by atoms with Crippen LogP contribution in [0.4, 0.5) is 24.5 Å². The number of halogens is 4. The first kappa shape index (κ1) is 22.6. The van der Waals surface area contributed by atoms with Crippen molar-refractivity contribution >= 4 is 40.8 Å². The third-order valence-electron chi connectivity index (χ3n) is 4.71. The minimum Gasteiger partial charge on any atom is -0.455 e. The summed E-state index contributed by atoms with van der Waals surface area (Å²) in [6.45, 7) is 1.33. The molecule has 0 radical (unpaired) electrons. The van der Waals surface area contributed by atoms with E-state index in [4.69, 9.17) is 16.3 Å². The highest BCUT2D eigenvalue weighted by Gasteiger charge is 2.36. The second kappa shape index (κ2) is 8.97. The highest BCUT2D eigenvalue weighted by molar-refractivity contribution is 6.31. The Bertz CT molecular complexity index is 1010. The molecular weight excluding hydrogens is 437 g/mol. The van der Waals surface area contributed by atoms with E-state index < -0.39 is 41.2 Å². The third kappa shape index (κ3) is 5.55. The van der Waals surface area contributed by atoms with Crippen LogP contribution < -0.4 is 10.2 Å². The molecule has 1 saturated heterocycles. The van der Waals surface area contributed by atoms with Gasteiger partial charge in [-0.3, -0.25) is 14.4 Å². The highest BCUT2D eigenvalue weighted by atomic mass is 35.5. The van der Waals surface area contributed by atoms with Crippen molar-refractivity contribution in [1.29, 1.82) is 0 Å². The summed E-state index contributed by atoms with van der Waals surface area (Å²) in [6.07, 6.45) is -4.73. The zero-order valence-electron chi connectivity index (χ0n) is 16.3. The summed E-state index contributed by atoms with van der Waals surface area (Å²) in [5, 5.41) is 1.72. The van der Waals surface area contributed by atoms with Crippen LogP contribution in [-0.2, 0) is 25.3 Å². The maximum atomic E-state index is 12.9. The van der Waals surface area contributed by atoms with Crippen molar-refractivity contribution in [1.82, 2.24) is 0 Å². The number of alkyl halides is 3. The molecule has 31 heavy (non-hydrogen) atoms. The van der Waals surface area contributed by atoms with Crippen LogP contribution in [-0.4, -0.2) is 30.9 Å². The maximum absolute atomic E-state index is 12.9. The molecule has 3 rings (SSSR count). The number of carbonyl (C=O) groups is 3. The molecule has 0 saturated carbocycles. The van der Waals surface area contributed by atoms with Crippen LogP contribution in [0, 0.1) is 12.8 Å². The molecule has 0 bridgehead atoms. The number of carbonyl (C=O) groups excluding carboxylic acids is 3. The Balaban J connectivity index is 1.54. The lowest BCUT2D eigenvalue weighted by Gasteiger charge is -2.16. The number of nitrogens with zero attached hydrogens (tertiary/aromatic N) is 1. The van der Waals surface area contributed by atoms with Crippen LogP contribution in [0.1, 0.15) is 17.5 Å². The van der Waals surface area contributed by atoms with E-state index in [2.05, 4.69) is 5.32 Å². The molecule has 1 fully saturated rings. The smallest absolute Gasteiger partial charge is 0.417 e. The SMILES string of the molecule is Cc1ccc(N2C[C@H](C(=O)OCC(=O)Nc3ccc(Cl)c(C(F)(F)F)c3)CC2=O)cc1. The van der Waals surface area contributed by atoms with Gasteiger partial charge in [-0.15, -0.1) is 0 Å². The van der Waals surface area contributed by atoms with Gasteiger partial charge in [-0.25, -0.2) is 0 Å². The molecule has 1 aliphatic heterocycles. The number of benzene rings is 2. The Morgan fingerprint density at radius 2 is 1.87 bits per heavy atom. The van der Waals surface area contributed by atoms with E-state index in [-0.39, 0.29) is 24.6 Å². The van der Waals surface area contributed by atoms with E-state index in [1.165, 1.54) is 11.0 Å². The van der Waals surface area contributed by atoms with Gasteiger partial charge in [0.2, 0.25) is 5.91 Å². The average molecular weight is 455 g/mol. The number of hydrogen-bond acceptors (Lipinski definition) is 4. The highest BCUT2D eigenvalue weighted by Crippen LogP contribution is 2.36. The number of aryl methyl sites for hydroxylation is 1. The molecule has 6 nitrogen and oxygen atoms in total. The van der Waals surface area contributed by atoms with Crippen molar-refractivity contribution in [3.63, 3.8) is 0 Å². The number of amides is 2. The summed E-state index contributed by atoms with van der Waals surface area (Å²) in [6, 6.07) is 10.1. The number of anilines is 2. The minimum absolute atomic E-state index is 0.0551. The molecule has 164 valence electrons. The Kier molecular flexibility index (Phi) is 6.54. The predicted octanol–water partition coefficient (Wildman–Crippen LogP) is 4.20. The molecule has 0 aromatic heterocycles. The van der Waals surface area contributed by atoms with Crippen LogP contribution in [0.25, 0.3) is 0 Å². The average Bonchev–Trinajstić information content (AvgIpc) is 3.09. The molecule has 2 aromatic carbocycles. The Morgan fingerprint density at radius 1 is 1.19 bits per heavy atom. The summed E-state index contributed by atoms with van der Waals surface area (Å²) in [5.41, 5.74) is 0.455. The van der Waals surface area contributed by atoms with Crippen LogP contribution in [0.3, 0.4) is 0 Å². The predicted molar refractivity (Wildman–Crippen MR) is 108 cm³/mol. The van der Waals surface area contributed by atoms with Gasteiger partial charge < -0.3 is 15.0 Å². The number of nitrogens with one attached hydrogen (secondary N) is 1. The van der Waals surface area contributed by atoms with Gasteiger partial charge in [0.05, 0.1) is 16.5 Å². The van der Waals surface area contributed by atoms with E-state index in [0.717, 1.165) is 11.6 Å². The van der Waals surface area contributed by atoms with E-state index in [0.29, 0.717) is 11.8 Å². The molecule has 1 atom stereocenters. The summed E-state index contributed by atoms with van der Waals surface area (Å²) >= 11 is 5.53. The van der Waals surface area contributed by atoms with Crippen LogP contribution >= 0.6 is 11.6 Å². The third-order valence-corrected chi connectivity index (χ3v) is 5.03. The first-order chi connectivity index (χ1) is 14.5. The zero-order valence-corrected chi connectivity index (χ0v) is 17.1. The van der Waals surface area contributed by atoms with Crippen molar-refractivity contribution in [3.05, 3.63) is 58.6 Å². The zero-order chi connectivity index (χ0) is 22.8. The van der Waals surface area contributed by atoms with Gasteiger partial charge in [0.25, 0.3) is 5.91 Å². The van der Waals surface area contributed by atoms with Gasteiger partial charge in [-0.2, -0.15) is 13.2 Å². The Labute approximate surface area is 180 Å². The Hall–Kier alpha value is -3.07. The van der Waals surface area contributed by atoms with Crippen molar-refractivity contribution < 1.29 is 32.3 Å². The second-order valence-electron chi connectivity index (χ2n) is 7.09. The lowest BCUT2D eigenvalue weighted by atomic mass is 10.1. The van der Waals surface area contributed by atoms with E-state index in [9.17, 15) is 27.6 Å². The Morgan fingerprint density at radius 3 is 2.52 bits per heavy atom. The molecule has 1 aliphatic rings. The van der Waals surface area contributed by atoms with Gasteiger partial charge in [0.1, 0.15) is 0 Å². The summed E-state index contributed by atoms with van der Waals surface area (Å²) in [4.78, 5) is 37.9. The molecule has 0 unspecified atom stereocenters. The van der Waals surface area contributed by atoms with Crippen molar-refractivity contribution in [2.45, 2.75) is 19.5 Å². The van der Waals surface area contributed by atoms with Gasteiger partial charge in [-0.1, -0.05) is 29.3 Å². The van der Waals surface area contributed by atoms with Crippen LogP contribution in [0.15, 0.2) is 42.5 Å². The molecule has 2 aromatic rings. The fourth-order valence-electron chi connectivity index (χ4n) is 3.11. The fourth-order valence-corrected chi connectivity index (χ4v) is 3.34. The summed E-state index contributed by atoms with van der Waals surface area (Å²) < 4.78 is 43.7. The van der Waals surface area contributed by atoms with Gasteiger partial charge >= 0.3 is 12.1 Å². The standard InChI is InChI=1S/C21H18ClF3N2O4/c1-12-2-5-15(6-3-12)27-10-13(8-19(27)29)20(30)31-11-18(28)26-14-4-7-17(22)16(9-14)21(23,24)25/h2-7,9,13H,8,10-11H2,1H3,(H,26,28)/t13-/m1/s1. The van der Waals surface area contributed by atoms with E-state index >= 15 is 0 Å². The summed E-state index contributed by atoms with van der Waals surface area (Å²) in [7, 11) is 0. The number of esters is 1. The second-order valence-corrected chi connectivity index (χ2v) is 7.50. The van der Waals surface area contributed by atoms with E-state index in [1.807, 2.05) is 19.1 Å². The van der Waals surface area contributed by atoms with Crippen LogP contribution in [0.5, 0.6) is 0 Å². The fraction of sp³-hybridized carbons (Fsp3) is 0.286. The normalized spacial score (nSPS) is 16.4. The van der Waals surface area contributed by atoms with Crippen molar-refractivity contribution in [2.75, 3.05) is 23.4 Å². The molecule has 2 amide bonds. The molecule has 0 spiro atoms. The first-order valence-corrected chi connectivity index (χ1v) is 9.62.